The van der Waals surface area contributed by atoms with Gasteiger partial charge in [0, 0.05) is 13.1 Å². The lowest BCUT2D eigenvalue weighted by molar-refractivity contribution is -0.125. The summed E-state index contributed by atoms with van der Waals surface area (Å²) in [5.74, 6) is 0.898. The predicted molar refractivity (Wildman–Crippen MR) is 132 cm³/mol. The number of aromatic nitrogens is 2. The van der Waals surface area contributed by atoms with E-state index in [9.17, 15) is 9.59 Å². The van der Waals surface area contributed by atoms with Crippen molar-refractivity contribution >= 4 is 22.8 Å². The van der Waals surface area contributed by atoms with Crippen LogP contribution in [0.2, 0.25) is 0 Å². The molecule has 2 aromatic heterocycles. The van der Waals surface area contributed by atoms with Crippen LogP contribution in [0.15, 0.2) is 76.1 Å². The number of piperidine rings is 1. The minimum Gasteiger partial charge on any atom is -0.467 e. The minimum absolute atomic E-state index is 0.0260. The molecule has 2 aromatic carbocycles. The molecule has 4 aromatic rings. The molecule has 1 aliphatic rings. The van der Waals surface area contributed by atoms with Gasteiger partial charge in [0.1, 0.15) is 5.76 Å². The van der Waals surface area contributed by atoms with Crippen molar-refractivity contribution in [2.45, 2.75) is 32.9 Å². The van der Waals surface area contributed by atoms with Gasteiger partial charge in [0.15, 0.2) is 5.82 Å². The van der Waals surface area contributed by atoms with Crippen molar-refractivity contribution in [3.63, 3.8) is 0 Å². The molecule has 1 amide bonds. The average molecular weight is 457 g/mol. The van der Waals surface area contributed by atoms with E-state index in [4.69, 9.17) is 9.40 Å². The average Bonchev–Trinajstić information content (AvgIpc) is 3.39. The van der Waals surface area contributed by atoms with Gasteiger partial charge in [-0.1, -0.05) is 42.0 Å². The van der Waals surface area contributed by atoms with Gasteiger partial charge in [0.05, 0.1) is 36.3 Å². The van der Waals surface area contributed by atoms with Gasteiger partial charge < -0.3 is 14.6 Å². The molecule has 1 fully saturated rings. The molecule has 3 heterocycles. The molecule has 1 atom stereocenters. The predicted octanol–water partition coefficient (Wildman–Crippen LogP) is 3.88. The van der Waals surface area contributed by atoms with E-state index < -0.39 is 0 Å². The highest BCUT2D eigenvalue weighted by molar-refractivity contribution is 5.80. The van der Waals surface area contributed by atoms with Crippen LogP contribution in [0.3, 0.4) is 0 Å². The molecule has 1 N–H and O–H groups in total. The van der Waals surface area contributed by atoms with Gasteiger partial charge in [-0.3, -0.25) is 14.2 Å². The maximum absolute atomic E-state index is 13.7. The SMILES string of the molecule is Cc1ccc(Cn2c(=O)c(N3CCCC(C(=O)NCc4ccco4)C3)nc3ccccc32)cc1. The zero-order chi connectivity index (χ0) is 23.5. The van der Waals surface area contributed by atoms with Crippen molar-refractivity contribution in [3.05, 3.63) is 94.2 Å². The number of para-hydroxylation sites is 2. The summed E-state index contributed by atoms with van der Waals surface area (Å²) in [6, 6.07) is 19.6. The molecule has 1 aliphatic heterocycles. The fraction of sp³-hybridized carbons (Fsp3) is 0.296. The second kappa shape index (κ2) is 9.55. The molecule has 1 saturated heterocycles. The quantitative estimate of drug-likeness (QED) is 0.476. The number of rotatable bonds is 6. The molecule has 0 bridgehead atoms. The molecule has 0 spiro atoms. The third kappa shape index (κ3) is 4.59. The number of hydrogen-bond acceptors (Lipinski definition) is 5. The van der Waals surface area contributed by atoms with Gasteiger partial charge in [0.25, 0.3) is 5.56 Å². The first-order valence-electron chi connectivity index (χ1n) is 11.7. The van der Waals surface area contributed by atoms with Gasteiger partial charge in [-0.05, 0) is 49.6 Å². The number of fused-ring (bicyclic) bond motifs is 1. The van der Waals surface area contributed by atoms with E-state index in [1.54, 1.807) is 16.9 Å². The van der Waals surface area contributed by atoms with E-state index in [0.717, 1.165) is 35.2 Å². The van der Waals surface area contributed by atoms with Crippen LogP contribution in [-0.2, 0) is 17.9 Å². The van der Waals surface area contributed by atoms with E-state index in [1.165, 1.54) is 5.56 Å². The van der Waals surface area contributed by atoms with Crippen LogP contribution in [-0.4, -0.2) is 28.5 Å². The Hall–Kier alpha value is -3.87. The largest absolute Gasteiger partial charge is 0.467 e. The number of nitrogens with zero attached hydrogens (tertiary/aromatic N) is 3. The van der Waals surface area contributed by atoms with Gasteiger partial charge in [0.2, 0.25) is 5.91 Å². The third-order valence-electron chi connectivity index (χ3n) is 6.41. The Labute approximate surface area is 198 Å². The van der Waals surface area contributed by atoms with Crippen LogP contribution in [0, 0.1) is 12.8 Å². The van der Waals surface area contributed by atoms with Gasteiger partial charge in [-0.25, -0.2) is 4.98 Å². The number of aryl methyl sites for hydroxylation is 1. The Balaban J connectivity index is 1.42. The fourth-order valence-corrected chi connectivity index (χ4v) is 4.53. The van der Waals surface area contributed by atoms with E-state index in [-0.39, 0.29) is 17.4 Å². The summed E-state index contributed by atoms with van der Waals surface area (Å²) in [4.78, 5) is 33.2. The topological polar surface area (TPSA) is 80.4 Å². The molecule has 1 unspecified atom stereocenters. The number of carbonyl (C=O) groups excluding carboxylic acids is 1. The second-order valence-corrected chi connectivity index (χ2v) is 8.88. The maximum atomic E-state index is 13.7. The van der Waals surface area contributed by atoms with Crippen molar-refractivity contribution in [3.8, 4) is 0 Å². The van der Waals surface area contributed by atoms with Crippen molar-refractivity contribution in [2.24, 2.45) is 5.92 Å². The molecule has 0 radical (unpaired) electrons. The summed E-state index contributed by atoms with van der Waals surface area (Å²) in [7, 11) is 0. The molecule has 0 saturated carbocycles. The van der Waals surface area contributed by atoms with E-state index in [1.807, 2.05) is 42.2 Å². The van der Waals surface area contributed by atoms with E-state index >= 15 is 0 Å². The summed E-state index contributed by atoms with van der Waals surface area (Å²) in [5.41, 5.74) is 3.69. The number of furan rings is 1. The van der Waals surface area contributed by atoms with Crippen LogP contribution in [0.25, 0.3) is 11.0 Å². The zero-order valence-electron chi connectivity index (χ0n) is 19.2. The minimum atomic E-state index is -0.207. The van der Waals surface area contributed by atoms with Crippen molar-refractivity contribution < 1.29 is 9.21 Å². The van der Waals surface area contributed by atoms with Crippen molar-refractivity contribution in [1.29, 1.82) is 0 Å². The van der Waals surface area contributed by atoms with Crippen LogP contribution in [0.4, 0.5) is 5.82 Å². The van der Waals surface area contributed by atoms with E-state index in [0.29, 0.717) is 32.0 Å². The summed E-state index contributed by atoms with van der Waals surface area (Å²) in [6.07, 6.45) is 3.20. The molecule has 174 valence electrons. The van der Waals surface area contributed by atoms with E-state index in [2.05, 4.69) is 29.6 Å². The lowest BCUT2D eigenvalue weighted by Crippen LogP contribution is -2.45. The van der Waals surface area contributed by atoms with Gasteiger partial charge in [-0.2, -0.15) is 0 Å². The first-order valence-corrected chi connectivity index (χ1v) is 11.7. The van der Waals surface area contributed by atoms with Crippen LogP contribution in [0.1, 0.15) is 29.7 Å². The number of hydrogen-bond donors (Lipinski definition) is 1. The Kier molecular flexibility index (Phi) is 6.16. The van der Waals surface area contributed by atoms with Crippen molar-refractivity contribution in [1.82, 2.24) is 14.9 Å². The van der Waals surface area contributed by atoms with Crippen LogP contribution in [0.5, 0.6) is 0 Å². The smallest absolute Gasteiger partial charge is 0.294 e. The lowest BCUT2D eigenvalue weighted by atomic mass is 9.97. The van der Waals surface area contributed by atoms with Crippen LogP contribution < -0.4 is 15.8 Å². The summed E-state index contributed by atoms with van der Waals surface area (Å²) >= 11 is 0. The van der Waals surface area contributed by atoms with Gasteiger partial charge in [-0.15, -0.1) is 0 Å². The molecule has 5 rings (SSSR count). The molecule has 34 heavy (non-hydrogen) atoms. The number of benzene rings is 2. The Morgan fingerprint density at radius 1 is 1.12 bits per heavy atom. The number of amides is 1. The Bertz CT molecular complexity index is 1340. The Morgan fingerprint density at radius 3 is 2.74 bits per heavy atom. The number of carbonyl (C=O) groups is 1. The number of anilines is 1. The monoisotopic (exact) mass is 456 g/mol. The first kappa shape index (κ1) is 21.9. The van der Waals surface area contributed by atoms with Crippen molar-refractivity contribution in [2.75, 3.05) is 18.0 Å². The highest BCUT2D eigenvalue weighted by Gasteiger charge is 2.28. The summed E-state index contributed by atoms with van der Waals surface area (Å²) in [5, 5.41) is 2.96. The third-order valence-corrected chi connectivity index (χ3v) is 6.41. The normalized spacial score (nSPS) is 16.0. The maximum Gasteiger partial charge on any atom is 0.294 e. The number of nitrogens with one attached hydrogen (secondary N) is 1. The molecule has 7 nitrogen and oxygen atoms in total. The van der Waals surface area contributed by atoms with Gasteiger partial charge >= 0.3 is 0 Å². The Morgan fingerprint density at radius 2 is 1.94 bits per heavy atom. The highest BCUT2D eigenvalue weighted by Crippen LogP contribution is 2.22. The first-order chi connectivity index (χ1) is 16.6. The fourth-order valence-electron chi connectivity index (χ4n) is 4.53. The molecular formula is C27H28N4O3. The standard InChI is InChI=1S/C27H28N4O3/c1-19-10-12-20(13-11-19)17-31-24-9-3-2-8-23(24)29-25(27(31)33)30-14-4-6-21(18-30)26(32)28-16-22-7-5-15-34-22/h2-3,5,7-13,15,21H,4,6,14,16-18H2,1H3,(H,28,32). The molecule has 7 heteroatoms. The summed E-state index contributed by atoms with van der Waals surface area (Å²) in [6.45, 7) is 4.05. The second-order valence-electron chi connectivity index (χ2n) is 8.88. The zero-order valence-corrected chi connectivity index (χ0v) is 19.2. The highest BCUT2D eigenvalue weighted by atomic mass is 16.3. The van der Waals surface area contributed by atoms with Crippen LogP contribution >= 0.6 is 0 Å². The molecule has 0 aliphatic carbocycles. The lowest BCUT2D eigenvalue weighted by Gasteiger charge is -2.32. The summed E-state index contributed by atoms with van der Waals surface area (Å²) < 4.78 is 7.10. The molecular weight excluding hydrogens is 428 g/mol.